The molecule has 1 nitrogen and oxygen atoms in total. The molecule has 0 bridgehead atoms. The topological polar surface area (TPSA) is 17.1 Å². The van der Waals surface area contributed by atoms with Gasteiger partial charge in [0.1, 0.15) is 0 Å². The lowest BCUT2D eigenvalue weighted by Gasteiger charge is -2.19. The van der Waals surface area contributed by atoms with Crippen LogP contribution in [-0.4, -0.2) is 5.78 Å². The maximum absolute atomic E-state index is 12.2. The summed E-state index contributed by atoms with van der Waals surface area (Å²) < 4.78 is 0. The molecule has 0 aliphatic rings. The molecule has 100 valence electrons. The van der Waals surface area contributed by atoms with Crippen LogP contribution < -0.4 is 0 Å². The van der Waals surface area contributed by atoms with Gasteiger partial charge in [-0.15, -0.1) is 0 Å². The number of hydrogen-bond acceptors (Lipinski definition) is 1. The molecule has 1 aromatic carbocycles. The molecular weight excluding hydrogens is 220 g/mol. The first kappa shape index (κ1) is 14.9. The normalized spacial score (nSPS) is 12.6. The van der Waals surface area contributed by atoms with Gasteiger partial charge in [0.2, 0.25) is 0 Å². The van der Waals surface area contributed by atoms with E-state index in [1.54, 1.807) is 0 Å². The number of hydrogen-bond donors (Lipinski definition) is 0. The molecule has 18 heavy (non-hydrogen) atoms. The quantitative estimate of drug-likeness (QED) is 0.694. The van der Waals surface area contributed by atoms with E-state index in [9.17, 15) is 4.79 Å². The van der Waals surface area contributed by atoms with E-state index in [-0.39, 0.29) is 16.6 Å². The van der Waals surface area contributed by atoms with Gasteiger partial charge in [0.15, 0.2) is 5.78 Å². The lowest BCUT2D eigenvalue weighted by molar-refractivity contribution is 0.0939. The Labute approximate surface area is 112 Å². The summed E-state index contributed by atoms with van der Waals surface area (Å²) in [6.07, 6.45) is 1.61. The summed E-state index contributed by atoms with van der Waals surface area (Å²) in [7, 11) is 0. The van der Waals surface area contributed by atoms with Gasteiger partial charge >= 0.3 is 0 Å². The predicted octanol–water partition coefficient (Wildman–Crippen LogP) is 4.89. The van der Waals surface area contributed by atoms with Crippen LogP contribution in [0.4, 0.5) is 0 Å². The maximum atomic E-state index is 12.2. The summed E-state index contributed by atoms with van der Waals surface area (Å²) in [6.45, 7) is 13.0. The summed E-state index contributed by atoms with van der Waals surface area (Å²) in [5.41, 5.74) is 2.41. The molecule has 0 aliphatic heterocycles. The minimum absolute atomic E-state index is 0.0527. The molecule has 0 atom stereocenters. The average molecular weight is 246 g/mol. The molecule has 0 aromatic heterocycles. The molecule has 0 saturated heterocycles. The van der Waals surface area contributed by atoms with E-state index >= 15 is 0 Å². The molecule has 0 radical (unpaired) electrons. The van der Waals surface area contributed by atoms with Gasteiger partial charge in [0.25, 0.3) is 0 Å². The van der Waals surface area contributed by atoms with Gasteiger partial charge in [-0.25, -0.2) is 0 Å². The fourth-order valence-corrected chi connectivity index (χ4v) is 2.05. The van der Waals surface area contributed by atoms with E-state index in [1.165, 1.54) is 5.56 Å². The van der Waals surface area contributed by atoms with Crippen molar-refractivity contribution in [2.75, 3.05) is 0 Å². The Kier molecular flexibility index (Phi) is 4.37. The highest BCUT2D eigenvalue weighted by atomic mass is 16.1. The van der Waals surface area contributed by atoms with Crippen LogP contribution in [0.2, 0.25) is 0 Å². The second-order valence-corrected chi connectivity index (χ2v) is 7.60. The Bertz CT molecular complexity index is 416. The monoisotopic (exact) mass is 246 g/mol. The summed E-state index contributed by atoms with van der Waals surface area (Å²) in [5.74, 6) is 0.248. The van der Waals surface area contributed by atoms with Crippen LogP contribution in [0.1, 0.15) is 63.9 Å². The van der Waals surface area contributed by atoms with Crippen molar-refractivity contribution in [1.82, 2.24) is 0 Å². The van der Waals surface area contributed by atoms with Crippen LogP contribution >= 0.6 is 0 Å². The minimum Gasteiger partial charge on any atom is -0.294 e. The first-order chi connectivity index (χ1) is 8.07. The fourth-order valence-electron chi connectivity index (χ4n) is 2.05. The lowest BCUT2D eigenvalue weighted by Crippen LogP contribution is -2.14. The van der Waals surface area contributed by atoms with Crippen LogP contribution in [0.15, 0.2) is 24.3 Å². The second-order valence-electron chi connectivity index (χ2n) is 7.60. The second kappa shape index (κ2) is 5.26. The third-order valence-electron chi connectivity index (χ3n) is 2.67. The fraction of sp³-hybridized carbons (Fsp3) is 0.588. The minimum atomic E-state index is 0.0527. The van der Waals surface area contributed by atoms with E-state index in [0.29, 0.717) is 6.42 Å². The zero-order valence-electron chi connectivity index (χ0n) is 12.6. The number of benzene rings is 1. The summed E-state index contributed by atoms with van der Waals surface area (Å²) in [4.78, 5) is 12.2. The zero-order chi connectivity index (χ0) is 14.0. The Hall–Kier alpha value is -1.11. The molecule has 0 saturated carbocycles. The van der Waals surface area contributed by atoms with Crippen molar-refractivity contribution < 1.29 is 4.79 Å². The highest BCUT2D eigenvalue weighted by molar-refractivity contribution is 5.96. The van der Waals surface area contributed by atoms with Gasteiger partial charge in [-0.3, -0.25) is 4.79 Å². The van der Waals surface area contributed by atoms with Crippen molar-refractivity contribution in [2.45, 2.75) is 54.4 Å². The maximum Gasteiger partial charge on any atom is 0.163 e. The summed E-state index contributed by atoms with van der Waals surface area (Å²) in [6, 6.07) is 8.09. The van der Waals surface area contributed by atoms with Crippen molar-refractivity contribution in [3.8, 4) is 0 Å². The molecule has 0 fully saturated rings. The van der Waals surface area contributed by atoms with Crippen LogP contribution in [0.3, 0.4) is 0 Å². The first-order valence-corrected chi connectivity index (χ1v) is 6.69. The van der Waals surface area contributed by atoms with Gasteiger partial charge in [0.05, 0.1) is 0 Å². The van der Waals surface area contributed by atoms with Crippen molar-refractivity contribution in [3.05, 3.63) is 35.4 Å². The van der Waals surface area contributed by atoms with Crippen LogP contribution in [0.25, 0.3) is 0 Å². The van der Waals surface area contributed by atoms with Crippen LogP contribution in [0.5, 0.6) is 0 Å². The van der Waals surface area contributed by atoms with Crippen molar-refractivity contribution in [2.24, 2.45) is 10.8 Å². The van der Waals surface area contributed by atoms with E-state index in [4.69, 9.17) is 0 Å². The molecule has 0 heterocycles. The van der Waals surface area contributed by atoms with Gasteiger partial charge < -0.3 is 0 Å². The number of carbonyl (C=O) groups excluding carboxylic acids is 1. The van der Waals surface area contributed by atoms with Crippen LogP contribution in [-0.2, 0) is 6.42 Å². The smallest absolute Gasteiger partial charge is 0.163 e. The van der Waals surface area contributed by atoms with Crippen molar-refractivity contribution in [3.63, 3.8) is 0 Å². The van der Waals surface area contributed by atoms with Crippen LogP contribution in [0, 0.1) is 10.8 Å². The molecule has 0 unspecified atom stereocenters. The largest absolute Gasteiger partial charge is 0.294 e. The Morgan fingerprint density at radius 2 is 1.61 bits per heavy atom. The molecule has 0 amide bonds. The standard InChI is InChI=1S/C17H26O/c1-16(2,3)11-13-8-7-9-14(10-13)15(18)12-17(4,5)6/h7-10H,11-12H2,1-6H3. The number of ketones is 1. The molecule has 0 N–H and O–H groups in total. The van der Waals surface area contributed by atoms with Gasteiger partial charge in [-0.2, -0.15) is 0 Å². The summed E-state index contributed by atoms with van der Waals surface area (Å²) >= 11 is 0. The van der Waals surface area contributed by atoms with E-state index in [2.05, 4.69) is 53.7 Å². The average Bonchev–Trinajstić information content (AvgIpc) is 2.12. The molecule has 0 aliphatic carbocycles. The van der Waals surface area contributed by atoms with E-state index < -0.39 is 0 Å². The molecular formula is C17H26O. The molecule has 0 spiro atoms. The molecule has 1 rings (SSSR count). The number of carbonyl (C=O) groups is 1. The van der Waals surface area contributed by atoms with Gasteiger partial charge in [0, 0.05) is 12.0 Å². The first-order valence-electron chi connectivity index (χ1n) is 6.69. The number of Topliss-reactive ketones (excluding diaryl/α,β-unsaturated/α-hetero) is 1. The van der Waals surface area contributed by atoms with E-state index in [1.807, 2.05) is 12.1 Å². The highest BCUT2D eigenvalue weighted by Gasteiger charge is 2.18. The Morgan fingerprint density at radius 1 is 1.00 bits per heavy atom. The van der Waals surface area contributed by atoms with Crippen molar-refractivity contribution >= 4 is 5.78 Å². The lowest BCUT2D eigenvalue weighted by atomic mass is 9.85. The summed E-state index contributed by atoms with van der Waals surface area (Å²) in [5, 5.41) is 0. The Morgan fingerprint density at radius 3 is 2.11 bits per heavy atom. The van der Waals surface area contributed by atoms with Gasteiger partial charge in [-0.05, 0) is 28.9 Å². The van der Waals surface area contributed by atoms with Crippen molar-refractivity contribution in [1.29, 1.82) is 0 Å². The van der Waals surface area contributed by atoms with E-state index in [0.717, 1.165) is 12.0 Å². The predicted molar refractivity (Wildman–Crippen MR) is 78.0 cm³/mol. The third kappa shape index (κ3) is 5.48. The van der Waals surface area contributed by atoms with Gasteiger partial charge in [-0.1, -0.05) is 59.7 Å². The molecule has 1 aromatic rings. The highest BCUT2D eigenvalue weighted by Crippen LogP contribution is 2.24. The zero-order valence-corrected chi connectivity index (χ0v) is 12.6. The number of rotatable bonds is 3. The Balaban J connectivity index is 2.85. The molecule has 1 heteroatoms. The SMILES string of the molecule is CC(C)(C)CC(=O)c1cccc(CC(C)(C)C)c1. The third-order valence-corrected chi connectivity index (χ3v) is 2.67.